The number of aromatic nitrogens is 3. The van der Waals surface area contributed by atoms with Gasteiger partial charge in [0.2, 0.25) is 0 Å². The van der Waals surface area contributed by atoms with Crippen LogP contribution in [0.5, 0.6) is 0 Å². The normalized spacial score (nSPS) is 20.5. The summed E-state index contributed by atoms with van der Waals surface area (Å²) >= 11 is 1.79. The molecule has 7 heteroatoms. The molecular formula is C19H24N4O2S. The van der Waals surface area contributed by atoms with Crippen LogP contribution in [0.1, 0.15) is 39.7 Å². The molecule has 1 aliphatic carbocycles. The van der Waals surface area contributed by atoms with Crippen LogP contribution in [0.15, 0.2) is 10.9 Å². The van der Waals surface area contributed by atoms with Crippen molar-refractivity contribution in [2.24, 2.45) is 5.92 Å². The lowest BCUT2D eigenvalue weighted by Gasteiger charge is -2.38. The maximum absolute atomic E-state index is 12.3. The van der Waals surface area contributed by atoms with E-state index < -0.39 is 0 Å². The summed E-state index contributed by atoms with van der Waals surface area (Å²) in [5.41, 5.74) is 3.61. The number of ether oxygens (including phenoxy) is 1. The van der Waals surface area contributed by atoms with Crippen LogP contribution in [0.4, 0.5) is 0 Å². The molecule has 0 aromatic carbocycles. The summed E-state index contributed by atoms with van der Waals surface area (Å²) in [5, 5.41) is 5.85. The number of fused-ring (bicyclic) bond motifs is 2. The van der Waals surface area contributed by atoms with Gasteiger partial charge in [-0.25, -0.2) is 9.67 Å². The molecule has 3 aliphatic rings. The number of aryl methyl sites for hydroxylation is 2. The first kappa shape index (κ1) is 16.6. The predicted octanol–water partition coefficient (Wildman–Crippen LogP) is 1.78. The highest BCUT2D eigenvalue weighted by Crippen LogP contribution is 2.27. The van der Waals surface area contributed by atoms with E-state index in [1.54, 1.807) is 16.0 Å². The van der Waals surface area contributed by atoms with Crippen molar-refractivity contribution >= 4 is 11.3 Å². The lowest BCUT2D eigenvalue weighted by molar-refractivity contribution is 0.0762. The third-order valence-corrected chi connectivity index (χ3v) is 6.69. The SMILES string of the molecule is O=c1cc2c(nn1CC1CN(Cc3nc4c(s3)COCC4)C1)CCCC2. The van der Waals surface area contributed by atoms with Gasteiger partial charge in [0.05, 0.1) is 42.6 Å². The fourth-order valence-electron chi connectivity index (χ4n) is 4.24. The van der Waals surface area contributed by atoms with Crippen molar-refractivity contribution in [1.82, 2.24) is 19.7 Å². The average Bonchev–Trinajstić information content (AvgIpc) is 3.02. The Morgan fingerprint density at radius 2 is 2.08 bits per heavy atom. The van der Waals surface area contributed by atoms with Crippen LogP contribution in [0.25, 0.3) is 0 Å². The zero-order chi connectivity index (χ0) is 17.5. The van der Waals surface area contributed by atoms with Crippen LogP contribution in [0.2, 0.25) is 0 Å². The van der Waals surface area contributed by atoms with Crippen LogP contribution < -0.4 is 5.56 Å². The fraction of sp³-hybridized carbons (Fsp3) is 0.632. The molecule has 4 heterocycles. The van der Waals surface area contributed by atoms with Crippen LogP contribution in [0.3, 0.4) is 0 Å². The lowest BCUT2D eigenvalue weighted by Crippen LogP contribution is -2.49. The minimum Gasteiger partial charge on any atom is -0.375 e. The van der Waals surface area contributed by atoms with Gasteiger partial charge in [0, 0.05) is 31.5 Å². The largest absolute Gasteiger partial charge is 0.375 e. The summed E-state index contributed by atoms with van der Waals surface area (Å²) in [7, 11) is 0. The van der Waals surface area contributed by atoms with E-state index in [1.807, 2.05) is 6.07 Å². The molecule has 138 valence electrons. The molecule has 0 amide bonds. The molecule has 0 N–H and O–H groups in total. The minimum atomic E-state index is 0.0664. The van der Waals surface area contributed by atoms with E-state index >= 15 is 0 Å². The summed E-state index contributed by atoms with van der Waals surface area (Å²) in [6, 6.07) is 1.82. The highest BCUT2D eigenvalue weighted by molar-refractivity contribution is 7.11. The van der Waals surface area contributed by atoms with E-state index in [0.717, 1.165) is 64.3 Å². The van der Waals surface area contributed by atoms with E-state index in [2.05, 4.69) is 10.00 Å². The van der Waals surface area contributed by atoms with Gasteiger partial charge in [-0.3, -0.25) is 9.69 Å². The van der Waals surface area contributed by atoms with E-state index in [1.165, 1.54) is 34.0 Å². The predicted molar refractivity (Wildman–Crippen MR) is 99.4 cm³/mol. The third kappa shape index (κ3) is 3.23. The highest BCUT2D eigenvalue weighted by atomic mass is 32.1. The molecular weight excluding hydrogens is 348 g/mol. The second kappa shape index (κ2) is 6.87. The molecule has 2 aromatic heterocycles. The topological polar surface area (TPSA) is 60.2 Å². The summed E-state index contributed by atoms with van der Waals surface area (Å²) in [6.07, 6.45) is 5.35. The van der Waals surface area contributed by atoms with Gasteiger partial charge in [-0.15, -0.1) is 11.3 Å². The molecule has 0 radical (unpaired) electrons. The number of hydrogen-bond donors (Lipinski definition) is 0. The first-order valence-corrected chi connectivity index (χ1v) is 10.4. The second-order valence-corrected chi connectivity index (χ2v) is 8.85. The molecule has 0 saturated carbocycles. The molecule has 26 heavy (non-hydrogen) atoms. The quantitative estimate of drug-likeness (QED) is 0.819. The molecule has 2 aromatic rings. The van der Waals surface area contributed by atoms with Gasteiger partial charge in [0.15, 0.2) is 0 Å². The fourth-order valence-corrected chi connectivity index (χ4v) is 5.33. The Labute approximate surface area is 156 Å². The molecule has 0 bridgehead atoms. The van der Waals surface area contributed by atoms with Crippen LogP contribution >= 0.6 is 11.3 Å². The zero-order valence-corrected chi connectivity index (χ0v) is 15.8. The summed E-state index contributed by atoms with van der Waals surface area (Å²) in [6.45, 7) is 5.22. The molecule has 5 rings (SSSR count). The number of thiazole rings is 1. The Morgan fingerprint density at radius 1 is 1.19 bits per heavy atom. The molecule has 6 nitrogen and oxygen atoms in total. The van der Waals surface area contributed by atoms with Crippen molar-refractivity contribution in [3.8, 4) is 0 Å². The van der Waals surface area contributed by atoms with Crippen molar-refractivity contribution < 1.29 is 4.74 Å². The van der Waals surface area contributed by atoms with Crippen molar-refractivity contribution in [2.45, 2.75) is 51.8 Å². The Hall–Kier alpha value is -1.57. The van der Waals surface area contributed by atoms with Gasteiger partial charge >= 0.3 is 0 Å². The van der Waals surface area contributed by atoms with Gasteiger partial charge < -0.3 is 4.74 Å². The standard InChI is InChI=1S/C19H24N4O2S/c24-19-7-14-3-1-2-4-15(14)21-23(19)10-13-8-22(9-13)11-18-20-16-5-6-25-12-17(16)26-18/h7,13H,1-6,8-12H2. The van der Waals surface area contributed by atoms with E-state index in [-0.39, 0.29) is 5.56 Å². The first-order chi connectivity index (χ1) is 12.7. The molecule has 0 unspecified atom stereocenters. The third-order valence-electron chi connectivity index (χ3n) is 5.64. The Morgan fingerprint density at radius 3 is 2.96 bits per heavy atom. The molecule has 0 atom stereocenters. The smallest absolute Gasteiger partial charge is 0.267 e. The minimum absolute atomic E-state index is 0.0664. The number of hydrogen-bond acceptors (Lipinski definition) is 6. The number of likely N-dealkylation sites (tertiary alicyclic amines) is 1. The van der Waals surface area contributed by atoms with Gasteiger partial charge in [-0.2, -0.15) is 5.10 Å². The van der Waals surface area contributed by atoms with Crippen molar-refractivity contribution in [3.05, 3.63) is 43.3 Å². The van der Waals surface area contributed by atoms with E-state index in [4.69, 9.17) is 9.72 Å². The molecule has 2 aliphatic heterocycles. The van der Waals surface area contributed by atoms with Gasteiger partial charge in [-0.05, 0) is 31.2 Å². The second-order valence-electron chi connectivity index (χ2n) is 7.68. The van der Waals surface area contributed by atoms with Crippen LogP contribution in [0, 0.1) is 5.92 Å². The Kier molecular flexibility index (Phi) is 4.38. The zero-order valence-electron chi connectivity index (χ0n) is 14.9. The first-order valence-electron chi connectivity index (χ1n) is 9.62. The Bertz CT molecular complexity index is 845. The van der Waals surface area contributed by atoms with Crippen LogP contribution in [-0.2, 0) is 43.7 Å². The maximum Gasteiger partial charge on any atom is 0.267 e. The van der Waals surface area contributed by atoms with Crippen molar-refractivity contribution in [1.29, 1.82) is 0 Å². The summed E-state index contributed by atoms with van der Waals surface area (Å²) in [4.78, 5) is 20.8. The average molecular weight is 372 g/mol. The molecule has 1 fully saturated rings. The van der Waals surface area contributed by atoms with E-state index in [9.17, 15) is 4.79 Å². The lowest BCUT2D eigenvalue weighted by atomic mass is 9.96. The monoisotopic (exact) mass is 372 g/mol. The van der Waals surface area contributed by atoms with Gasteiger partial charge in [0.25, 0.3) is 5.56 Å². The Balaban J connectivity index is 1.19. The van der Waals surface area contributed by atoms with Crippen LogP contribution in [-0.4, -0.2) is 39.4 Å². The molecule has 1 saturated heterocycles. The maximum atomic E-state index is 12.3. The summed E-state index contributed by atoms with van der Waals surface area (Å²) in [5.74, 6) is 0.514. The molecule has 0 spiro atoms. The van der Waals surface area contributed by atoms with Crippen molar-refractivity contribution in [2.75, 3.05) is 19.7 Å². The highest BCUT2D eigenvalue weighted by Gasteiger charge is 2.29. The number of nitrogens with zero attached hydrogens (tertiary/aromatic N) is 4. The summed E-state index contributed by atoms with van der Waals surface area (Å²) < 4.78 is 7.21. The van der Waals surface area contributed by atoms with E-state index in [0.29, 0.717) is 5.92 Å². The van der Waals surface area contributed by atoms with Gasteiger partial charge in [0.1, 0.15) is 5.01 Å². The van der Waals surface area contributed by atoms with Gasteiger partial charge in [-0.1, -0.05) is 0 Å². The van der Waals surface area contributed by atoms with Crippen molar-refractivity contribution in [3.63, 3.8) is 0 Å². The number of rotatable bonds is 4.